The fourth-order valence-corrected chi connectivity index (χ4v) is 2.96. The van der Waals surface area contributed by atoms with Crippen LogP contribution in [0.25, 0.3) is 21.8 Å². The van der Waals surface area contributed by atoms with Gasteiger partial charge in [0.05, 0.1) is 23.3 Å². The first-order valence-corrected chi connectivity index (χ1v) is 7.52. The molecule has 22 heavy (non-hydrogen) atoms. The summed E-state index contributed by atoms with van der Waals surface area (Å²) in [5.41, 5.74) is 7.79. The van der Waals surface area contributed by atoms with Gasteiger partial charge in [-0.25, -0.2) is 4.79 Å². The van der Waals surface area contributed by atoms with E-state index in [9.17, 15) is 9.59 Å². The first-order chi connectivity index (χ1) is 10.5. The Labute approximate surface area is 134 Å². The number of aromatic nitrogens is 1. The Morgan fingerprint density at radius 1 is 1.23 bits per heavy atom. The average Bonchev–Trinajstić information content (AvgIpc) is 2.84. The van der Waals surface area contributed by atoms with Crippen LogP contribution in [0.3, 0.4) is 0 Å². The number of benzene rings is 2. The quantitative estimate of drug-likeness (QED) is 0.702. The first-order valence-electron chi connectivity index (χ1n) is 6.73. The number of aromatic amines is 1. The second-order valence-corrected chi connectivity index (χ2v) is 5.76. The number of amides is 1. The number of halogens is 1. The van der Waals surface area contributed by atoms with Gasteiger partial charge in [-0.2, -0.15) is 0 Å². The topological polar surface area (TPSA) is 85.2 Å². The SMILES string of the molecule is CCOC(=O)c1ccc2[nH]c3c(C(N)=O)cc(Br)cc3c2c1. The van der Waals surface area contributed by atoms with Crippen LogP contribution < -0.4 is 5.73 Å². The molecule has 0 spiro atoms. The molecule has 0 saturated carbocycles. The van der Waals surface area contributed by atoms with E-state index in [1.165, 1.54) is 0 Å². The highest BCUT2D eigenvalue weighted by Crippen LogP contribution is 2.31. The van der Waals surface area contributed by atoms with Crippen LogP contribution in [-0.4, -0.2) is 23.5 Å². The van der Waals surface area contributed by atoms with E-state index in [2.05, 4.69) is 20.9 Å². The standard InChI is InChI=1S/C16H13BrN2O3/c1-2-22-16(21)8-3-4-13-10(5-8)11-6-9(17)7-12(15(18)20)14(11)19-13/h3-7,19H,2H2,1H3,(H2,18,20). The van der Waals surface area contributed by atoms with Crippen molar-refractivity contribution < 1.29 is 14.3 Å². The molecule has 3 N–H and O–H groups in total. The molecule has 0 aliphatic rings. The maximum absolute atomic E-state index is 11.9. The van der Waals surface area contributed by atoms with Gasteiger partial charge < -0.3 is 15.5 Å². The highest BCUT2D eigenvalue weighted by atomic mass is 79.9. The molecule has 1 amide bonds. The zero-order valence-electron chi connectivity index (χ0n) is 11.8. The number of esters is 1. The zero-order valence-corrected chi connectivity index (χ0v) is 13.4. The van der Waals surface area contributed by atoms with Gasteiger partial charge in [0.25, 0.3) is 5.91 Å². The number of carbonyl (C=O) groups excluding carboxylic acids is 2. The minimum atomic E-state index is -0.511. The summed E-state index contributed by atoms with van der Waals surface area (Å²) in [6.45, 7) is 2.08. The van der Waals surface area contributed by atoms with Crippen LogP contribution >= 0.6 is 15.9 Å². The summed E-state index contributed by atoms with van der Waals surface area (Å²) in [6, 6.07) is 8.79. The number of primary amides is 1. The Morgan fingerprint density at radius 3 is 2.68 bits per heavy atom. The van der Waals surface area contributed by atoms with Crippen molar-refractivity contribution in [3.8, 4) is 0 Å². The van der Waals surface area contributed by atoms with E-state index in [0.717, 1.165) is 20.8 Å². The zero-order chi connectivity index (χ0) is 15.9. The molecule has 3 aromatic rings. The molecule has 0 atom stereocenters. The van der Waals surface area contributed by atoms with Crippen LogP contribution in [0, 0.1) is 0 Å². The molecular formula is C16H13BrN2O3. The van der Waals surface area contributed by atoms with Crippen molar-refractivity contribution >= 4 is 49.6 Å². The average molecular weight is 361 g/mol. The van der Waals surface area contributed by atoms with Gasteiger partial charge in [0.1, 0.15) is 0 Å². The van der Waals surface area contributed by atoms with Crippen LogP contribution in [0.5, 0.6) is 0 Å². The van der Waals surface area contributed by atoms with Crippen molar-refractivity contribution in [1.82, 2.24) is 4.98 Å². The van der Waals surface area contributed by atoms with Crippen LogP contribution in [0.15, 0.2) is 34.8 Å². The van der Waals surface area contributed by atoms with Crippen molar-refractivity contribution in [1.29, 1.82) is 0 Å². The Hall–Kier alpha value is -2.34. The van der Waals surface area contributed by atoms with Crippen molar-refractivity contribution in [2.75, 3.05) is 6.61 Å². The Kier molecular flexibility index (Phi) is 3.62. The van der Waals surface area contributed by atoms with E-state index in [1.54, 1.807) is 31.2 Å². The molecule has 0 aliphatic carbocycles. The van der Waals surface area contributed by atoms with E-state index < -0.39 is 5.91 Å². The maximum atomic E-state index is 11.9. The van der Waals surface area contributed by atoms with Crippen molar-refractivity contribution in [3.05, 3.63) is 45.9 Å². The normalized spacial score (nSPS) is 11.0. The van der Waals surface area contributed by atoms with Gasteiger partial charge >= 0.3 is 5.97 Å². The van der Waals surface area contributed by atoms with Gasteiger partial charge in [0, 0.05) is 20.8 Å². The summed E-state index contributed by atoms with van der Waals surface area (Å²) in [7, 11) is 0. The summed E-state index contributed by atoms with van der Waals surface area (Å²) in [5, 5.41) is 1.66. The van der Waals surface area contributed by atoms with Gasteiger partial charge in [-0.3, -0.25) is 4.79 Å². The van der Waals surface area contributed by atoms with Crippen molar-refractivity contribution in [2.24, 2.45) is 5.73 Å². The number of rotatable bonds is 3. The highest BCUT2D eigenvalue weighted by Gasteiger charge is 2.15. The summed E-state index contributed by atoms with van der Waals surface area (Å²) in [4.78, 5) is 26.7. The third-order valence-electron chi connectivity index (χ3n) is 3.45. The number of nitrogens with one attached hydrogen (secondary N) is 1. The van der Waals surface area contributed by atoms with E-state index in [1.807, 2.05) is 6.07 Å². The van der Waals surface area contributed by atoms with Gasteiger partial charge in [-0.1, -0.05) is 15.9 Å². The molecule has 0 unspecified atom stereocenters. The maximum Gasteiger partial charge on any atom is 0.338 e. The second kappa shape index (κ2) is 5.46. The van der Waals surface area contributed by atoms with E-state index in [-0.39, 0.29) is 5.97 Å². The lowest BCUT2D eigenvalue weighted by atomic mass is 10.1. The number of carbonyl (C=O) groups is 2. The lowest BCUT2D eigenvalue weighted by Crippen LogP contribution is -2.11. The lowest BCUT2D eigenvalue weighted by molar-refractivity contribution is 0.0526. The molecule has 0 saturated heterocycles. The minimum absolute atomic E-state index is 0.322. The van der Waals surface area contributed by atoms with Crippen molar-refractivity contribution in [3.63, 3.8) is 0 Å². The molecule has 5 nitrogen and oxygen atoms in total. The predicted octanol–water partition coefficient (Wildman–Crippen LogP) is 3.36. The predicted molar refractivity (Wildman–Crippen MR) is 88.0 cm³/mol. The number of ether oxygens (including phenoxy) is 1. The number of hydrogen-bond donors (Lipinski definition) is 2. The van der Waals surface area contributed by atoms with Crippen LogP contribution in [-0.2, 0) is 4.74 Å². The Bertz CT molecular complexity index is 915. The van der Waals surface area contributed by atoms with E-state index >= 15 is 0 Å². The smallest absolute Gasteiger partial charge is 0.338 e. The molecule has 0 fully saturated rings. The summed E-state index contributed by atoms with van der Waals surface area (Å²) in [5.74, 6) is -0.882. The van der Waals surface area contributed by atoms with Gasteiger partial charge in [-0.05, 0) is 37.3 Å². The van der Waals surface area contributed by atoms with Crippen LogP contribution in [0.2, 0.25) is 0 Å². The number of hydrogen-bond acceptors (Lipinski definition) is 3. The largest absolute Gasteiger partial charge is 0.462 e. The molecule has 1 heterocycles. The highest BCUT2D eigenvalue weighted by molar-refractivity contribution is 9.10. The number of H-pyrrole nitrogens is 1. The summed E-state index contributed by atoms with van der Waals surface area (Å²) < 4.78 is 5.77. The molecule has 6 heteroatoms. The van der Waals surface area contributed by atoms with Crippen LogP contribution in [0.1, 0.15) is 27.6 Å². The van der Waals surface area contributed by atoms with E-state index in [4.69, 9.17) is 10.5 Å². The van der Waals surface area contributed by atoms with Crippen molar-refractivity contribution in [2.45, 2.75) is 6.92 Å². The first kappa shape index (κ1) is 14.6. The monoisotopic (exact) mass is 360 g/mol. The lowest BCUT2D eigenvalue weighted by Gasteiger charge is -2.02. The second-order valence-electron chi connectivity index (χ2n) is 4.85. The molecule has 3 rings (SSSR count). The molecule has 0 aliphatic heterocycles. The van der Waals surface area contributed by atoms with Crippen LogP contribution in [0.4, 0.5) is 0 Å². The third kappa shape index (κ3) is 2.35. The van der Waals surface area contributed by atoms with E-state index in [0.29, 0.717) is 23.3 Å². The molecule has 0 radical (unpaired) electrons. The number of nitrogens with two attached hydrogens (primary N) is 1. The fraction of sp³-hybridized carbons (Fsp3) is 0.125. The Morgan fingerprint density at radius 2 is 2.00 bits per heavy atom. The molecular weight excluding hydrogens is 348 g/mol. The molecule has 2 aromatic carbocycles. The number of fused-ring (bicyclic) bond motifs is 3. The van der Waals surface area contributed by atoms with Gasteiger partial charge in [0.15, 0.2) is 0 Å². The fourth-order valence-electron chi connectivity index (χ4n) is 2.50. The Balaban J connectivity index is 2.30. The molecule has 0 bridgehead atoms. The summed E-state index contributed by atoms with van der Waals surface area (Å²) >= 11 is 3.38. The van der Waals surface area contributed by atoms with Gasteiger partial charge in [0.2, 0.25) is 0 Å². The van der Waals surface area contributed by atoms with Gasteiger partial charge in [-0.15, -0.1) is 0 Å². The minimum Gasteiger partial charge on any atom is -0.462 e. The molecule has 112 valence electrons. The summed E-state index contributed by atoms with van der Waals surface area (Å²) in [6.07, 6.45) is 0. The third-order valence-corrected chi connectivity index (χ3v) is 3.91. The molecule has 1 aromatic heterocycles.